The summed E-state index contributed by atoms with van der Waals surface area (Å²) in [5.74, 6) is 0.0346. The van der Waals surface area contributed by atoms with E-state index in [-0.39, 0.29) is 11.3 Å². The van der Waals surface area contributed by atoms with Crippen LogP contribution in [0.4, 0.5) is 13.2 Å². The molecular formula is C9H9ClF3NO. The van der Waals surface area contributed by atoms with E-state index in [1.165, 1.54) is 25.3 Å². The standard InChI is InChI=1S/C9H9ClF3NO/c1-15-7-4-5(10)2-3-6(7)8(14)9(11,12)13/h2-4,8H,14H2,1H3. The van der Waals surface area contributed by atoms with E-state index in [4.69, 9.17) is 22.1 Å². The third kappa shape index (κ3) is 2.76. The van der Waals surface area contributed by atoms with Crippen LogP contribution >= 0.6 is 11.6 Å². The zero-order valence-electron chi connectivity index (χ0n) is 7.81. The molecule has 2 N–H and O–H groups in total. The molecule has 0 fully saturated rings. The zero-order chi connectivity index (χ0) is 11.6. The van der Waals surface area contributed by atoms with Crippen molar-refractivity contribution in [1.82, 2.24) is 0 Å². The lowest BCUT2D eigenvalue weighted by atomic mass is 10.1. The Morgan fingerprint density at radius 2 is 2.00 bits per heavy atom. The number of hydrogen-bond acceptors (Lipinski definition) is 2. The van der Waals surface area contributed by atoms with E-state index < -0.39 is 12.2 Å². The maximum atomic E-state index is 12.3. The summed E-state index contributed by atoms with van der Waals surface area (Å²) in [4.78, 5) is 0. The van der Waals surface area contributed by atoms with Gasteiger partial charge in [-0.1, -0.05) is 17.7 Å². The van der Waals surface area contributed by atoms with Crippen molar-refractivity contribution in [1.29, 1.82) is 0 Å². The first kappa shape index (κ1) is 12.1. The van der Waals surface area contributed by atoms with Gasteiger partial charge in [-0.05, 0) is 12.1 Å². The molecule has 2 nitrogen and oxygen atoms in total. The smallest absolute Gasteiger partial charge is 0.407 e. The van der Waals surface area contributed by atoms with Gasteiger partial charge in [0.1, 0.15) is 11.8 Å². The van der Waals surface area contributed by atoms with Crippen molar-refractivity contribution in [2.24, 2.45) is 5.73 Å². The van der Waals surface area contributed by atoms with E-state index in [1.807, 2.05) is 0 Å². The summed E-state index contributed by atoms with van der Waals surface area (Å²) in [6, 6.07) is 1.78. The van der Waals surface area contributed by atoms with E-state index in [0.717, 1.165) is 0 Å². The highest BCUT2D eigenvalue weighted by atomic mass is 35.5. The SMILES string of the molecule is COc1cc(Cl)ccc1C(N)C(F)(F)F. The summed E-state index contributed by atoms with van der Waals surface area (Å²) in [6.07, 6.45) is -4.50. The summed E-state index contributed by atoms with van der Waals surface area (Å²) in [6.45, 7) is 0. The summed E-state index contributed by atoms with van der Waals surface area (Å²) in [5, 5.41) is 0.296. The van der Waals surface area contributed by atoms with Gasteiger partial charge < -0.3 is 10.5 Å². The van der Waals surface area contributed by atoms with E-state index in [0.29, 0.717) is 5.02 Å². The second-order valence-corrected chi connectivity index (χ2v) is 3.34. The predicted molar refractivity (Wildman–Crippen MR) is 51.0 cm³/mol. The average Bonchev–Trinajstić information content (AvgIpc) is 2.15. The minimum atomic E-state index is -4.50. The fourth-order valence-electron chi connectivity index (χ4n) is 1.12. The minimum Gasteiger partial charge on any atom is -0.496 e. The Labute approximate surface area is 89.8 Å². The molecule has 0 aliphatic heterocycles. The number of rotatable bonds is 2. The van der Waals surface area contributed by atoms with Gasteiger partial charge in [0.15, 0.2) is 0 Å². The molecule has 0 spiro atoms. The largest absolute Gasteiger partial charge is 0.496 e. The van der Waals surface area contributed by atoms with Crippen LogP contribution in [0.25, 0.3) is 0 Å². The summed E-state index contributed by atoms with van der Waals surface area (Å²) in [5.41, 5.74) is 4.92. The molecule has 1 unspecified atom stereocenters. The van der Waals surface area contributed by atoms with Gasteiger partial charge in [-0.2, -0.15) is 13.2 Å². The van der Waals surface area contributed by atoms with Gasteiger partial charge in [-0.15, -0.1) is 0 Å². The molecule has 0 radical (unpaired) electrons. The van der Waals surface area contributed by atoms with Crippen LogP contribution in [-0.2, 0) is 0 Å². The lowest BCUT2D eigenvalue weighted by Crippen LogP contribution is -2.28. The lowest BCUT2D eigenvalue weighted by Gasteiger charge is -2.18. The zero-order valence-corrected chi connectivity index (χ0v) is 8.56. The maximum Gasteiger partial charge on any atom is 0.407 e. The third-order valence-electron chi connectivity index (χ3n) is 1.88. The Balaban J connectivity index is 3.14. The van der Waals surface area contributed by atoms with Crippen LogP contribution in [0.1, 0.15) is 11.6 Å². The number of alkyl halides is 3. The van der Waals surface area contributed by atoms with Gasteiger partial charge in [0.25, 0.3) is 0 Å². The highest BCUT2D eigenvalue weighted by Crippen LogP contribution is 2.36. The van der Waals surface area contributed by atoms with Crippen molar-refractivity contribution >= 4 is 11.6 Å². The number of nitrogens with two attached hydrogens (primary N) is 1. The van der Waals surface area contributed by atoms with Gasteiger partial charge in [0.05, 0.1) is 7.11 Å². The molecule has 0 aliphatic carbocycles. The first-order valence-electron chi connectivity index (χ1n) is 4.02. The first-order chi connectivity index (χ1) is 6.86. The number of methoxy groups -OCH3 is 1. The maximum absolute atomic E-state index is 12.3. The van der Waals surface area contributed by atoms with Crippen molar-refractivity contribution in [3.05, 3.63) is 28.8 Å². The van der Waals surface area contributed by atoms with Crippen LogP contribution in [-0.4, -0.2) is 13.3 Å². The molecule has 0 amide bonds. The van der Waals surface area contributed by atoms with E-state index >= 15 is 0 Å². The molecule has 0 bridgehead atoms. The van der Waals surface area contributed by atoms with Gasteiger partial charge in [0, 0.05) is 10.6 Å². The molecule has 1 rings (SSSR count). The number of halogens is 4. The van der Waals surface area contributed by atoms with Crippen molar-refractivity contribution in [3.63, 3.8) is 0 Å². The van der Waals surface area contributed by atoms with E-state index in [9.17, 15) is 13.2 Å². The monoisotopic (exact) mass is 239 g/mol. The van der Waals surface area contributed by atoms with E-state index in [1.54, 1.807) is 0 Å². The van der Waals surface area contributed by atoms with Crippen LogP contribution in [0, 0.1) is 0 Å². The quantitative estimate of drug-likeness (QED) is 0.861. The highest BCUT2D eigenvalue weighted by Gasteiger charge is 2.39. The van der Waals surface area contributed by atoms with Crippen molar-refractivity contribution < 1.29 is 17.9 Å². The Bertz CT molecular complexity index is 354. The number of ether oxygens (including phenoxy) is 1. The molecule has 0 saturated carbocycles. The highest BCUT2D eigenvalue weighted by molar-refractivity contribution is 6.30. The summed E-state index contributed by atoms with van der Waals surface area (Å²) in [7, 11) is 1.26. The van der Waals surface area contributed by atoms with Gasteiger partial charge in [-0.3, -0.25) is 0 Å². The predicted octanol–water partition coefficient (Wildman–Crippen LogP) is 2.91. The Morgan fingerprint density at radius 1 is 1.40 bits per heavy atom. The van der Waals surface area contributed by atoms with Crippen molar-refractivity contribution in [2.75, 3.05) is 7.11 Å². The van der Waals surface area contributed by atoms with Crippen LogP contribution in [0.5, 0.6) is 5.75 Å². The van der Waals surface area contributed by atoms with Gasteiger partial charge in [0.2, 0.25) is 0 Å². The van der Waals surface area contributed by atoms with Gasteiger partial charge in [-0.25, -0.2) is 0 Å². The lowest BCUT2D eigenvalue weighted by molar-refractivity contribution is -0.149. The minimum absolute atomic E-state index is 0.0346. The second kappa shape index (κ2) is 4.28. The molecule has 0 aliphatic rings. The van der Waals surface area contributed by atoms with Crippen molar-refractivity contribution in [3.8, 4) is 5.75 Å². The average molecular weight is 240 g/mol. The normalized spacial score (nSPS) is 13.7. The Hall–Kier alpha value is -0.940. The van der Waals surface area contributed by atoms with Crippen LogP contribution in [0.15, 0.2) is 18.2 Å². The summed E-state index contributed by atoms with van der Waals surface area (Å²) < 4.78 is 41.8. The summed E-state index contributed by atoms with van der Waals surface area (Å²) >= 11 is 5.61. The fraction of sp³-hybridized carbons (Fsp3) is 0.333. The molecule has 84 valence electrons. The topological polar surface area (TPSA) is 35.2 Å². The van der Waals surface area contributed by atoms with Crippen LogP contribution < -0.4 is 10.5 Å². The molecule has 1 aromatic rings. The Kier molecular flexibility index (Phi) is 3.46. The van der Waals surface area contributed by atoms with Gasteiger partial charge >= 0.3 is 6.18 Å². The van der Waals surface area contributed by atoms with Crippen molar-refractivity contribution in [2.45, 2.75) is 12.2 Å². The molecular weight excluding hydrogens is 231 g/mol. The second-order valence-electron chi connectivity index (χ2n) is 2.91. The molecule has 6 heteroatoms. The van der Waals surface area contributed by atoms with Crippen LogP contribution in [0.2, 0.25) is 5.02 Å². The molecule has 1 atom stereocenters. The third-order valence-corrected chi connectivity index (χ3v) is 2.12. The molecule has 0 aromatic heterocycles. The van der Waals surface area contributed by atoms with Crippen LogP contribution in [0.3, 0.4) is 0 Å². The number of benzene rings is 1. The molecule has 1 aromatic carbocycles. The molecule has 0 heterocycles. The van der Waals surface area contributed by atoms with E-state index in [2.05, 4.69) is 0 Å². The fourth-order valence-corrected chi connectivity index (χ4v) is 1.28. The molecule has 0 saturated heterocycles. The Morgan fingerprint density at radius 3 is 2.47 bits per heavy atom. The number of hydrogen-bond donors (Lipinski definition) is 1. The molecule has 15 heavy (non-hydrogen) atoms. The first-order valence-corrected chi connectivity index (χ1v) is 4.39.